The van der Waals surface area contributed by atoms with Crippen LogP contribution in [0.25, 0.3) is 0 Å². The second-order valence-electron chi connectivity index (χ2n) is 4.96. The smallest absolute Gasteiger partial charge is 0.251 e. The molecule has 1 amide bonds. The van der Waals surface area contributed by atoms with Crippen LogP contribution in [0.15, 0.2) is 36.4 Å². The lowest BCUT2D eigenvalue weighted by molar-refractivity contribution is 0.0939. The van der Waals surface area contributed by atoms with Gasteiger partial charge in [0.15, 0.2) is 0 Å². The van der Waals surface area contributed by atoms with E-state index in [2.05, 4.69) is 5.32 Å². The van der Waals surface area contributed by atoms with Crippen LogP contribution in [0.4, 0.5) is 0 Å². The van der Waals surface area contributed by atoms with Gasteiger partial charge in [0.25, 0.3) is 5.91 Å². The standard InChI is InChI=1S/C17H17Cl2NO3/c1-10(15-9-14(22-2)4-5-16(15)23-3)20-17(21)11-6-12(18)8-13(19)7-11/h4-10H,1-3H3,(H,20,21). The third-order valence-electron chi connectivity index (χ3n) is 3.38. The first kappa shape index (κ1) is 17.4. The summed E-state index contributed by atoms with van der Waals surface area (Å²) in [7, 11) is 3.17. The first-order valence-corrected chi connectivity index (χ1v) is 7.69. The second-order valence-corrected chi connectivity index (χ2v) is 5.83. The topological polar surface area (TPSA) is 47.6 Å². The van der Waals surface area contributed by atoms with Crippen LogP contribution >= 0.6 is 23.2 Å². The van der Waals surface area contributed by atoms with Crippen molar-refractivity contribution in [3.05, 3.63) is 57.6 Å². The number of carbonyl (C=O) groups excluding carboxylic acids is 1. The van der Waals surface area contributed by atoms with Gasteiger partial charge in [0.1, 0.15) is 11.5 Å². The summed E-state index contributed by atoms with van der Waals surface area (Å²) >= 11 is 11.9. The summed E-state index contributed by atoms with van der Waals surface area (Å²) in [5.41, 5.74) is 1.21. The number of carbonyl (C=O) groups is 1. The van der Waals surface area contributed by atoms with E-state index in [0.717, 1.165) is 5.56 Å². The highest BCUT2D eigenvalue weighted by Gasteiger charge is 2.17. The Labute approximate surface area is 145 Å². The van der Waals surface area contributed by atoms with Crippen LogP contribution in [-0.4, -0.2) is 20.1 Å². The lowest BCUT2D eigenvalue weighted by Gasteiger charge is -2.18. The maximum atomic E-state index is 12.4. The SMILES string of the molecule is COc1ccc(OC)c(C(C)NC(=O)c2cc(Cl)cc(Cl)c2)c1. The van der Waals surface area contributed by atoms with Crippen molar-refractivity contribution in [3.8, 4) is 11.5 Å². The Hall–Kier alpha value is -1.91. The highest BCUT2D eigenvalue weighted by atomic mass is 35.5. The van der Waals surface area contributed by atoms with Crippen LogP contribution in [0.5, 0.6) is 11.5 Å². The van der Waals surface area contributed by atoms with Crippen molar-refractivity contribution in [1.29, 1.82) is 0 Å². The molecule has 0 aromatic heterocycles. The zero-order valence-electron chi connectivity index (χ0n) is 13.0. The fraction of sp³-hybridized carbons (Fsp3) is 0.235. The van der Waals surface area contributed by atoms with Gasteiger partial charge in [0.05, 0.1) is 20.3 Å². The molecule has 0 aliphatic heterocycles. The number of halogens is 2. The van der Waals surface area contributed by atoms with Crippen molar-refractivity contribution in [2.45, 2.75) is 13.0 Å². The molecule has 0 saturated heterocycles. The number of benzene rings is 2. The highest BCUT2D eigenvalue weighted by Crippen LogP contribution is 2.29. The molecule has 122 valence electrons. The molecule has 2 rings (SSSR count). The van der Waals surface area contributed by atoms with Crippen molar-refractivity contribution in [1.82, 2.24) is 5.32 Å². The normalized spacial score (nSPS) is 11.7. The highest BCUT2D eigenvalue weighted by molar-refractivity contribution is 6.35. The van der Waals surface area contributed by atoms with Gasteiger partial charge < -0.3 is 14.8 Å². The maximum Gasteiger partial charge on any atom is 0.251 e. The molecule has 23 heavy (non-hydrogen) atoms. The van der Waals surface area contributed by atoms with Crippen molar-refractivity contribution in [2.24, 2.45) is 0 Å². The minimum absolute atomic E-state index is 0.272. The molecule has 4 nitrogen and oxygen atoms in total. The van der Waals surface area contributed by atoms with Crippen LogP contribution in [0, 0.1) is 0 Å². The predicted molar refractivity (Wildman–Crippen MR) is 91.9 cm³/mol. The molecule has 0 saturated carbocycles. The van der Waals surface area contributed by atoms with E-state index in [-0.39, 0.29) is 11.9 Å². The van der Waals surface area contributed by atoms with E-state index in [1.54, 1.807) is 44.6 Å². The zero-order chi connectivity index (χ0) is 17.0. The molecular weight excluding hydrogens is 337 g/mol. The van der Waals surface area contributed by atoms with Crippen LogP contribution < -0.4 is 14.8 Å². The Bertz CT molecular complexity index is 699. The van der Waals surface area contributed by atoms with Gasteiger partial charge in [-0.3, -0.25) is 4.79 Å². The third-order valence-corrected chi connectivity index (χ3v) is 3.81. The quantitative estimate of drug-likeness (QED) is 0.860. The number of hydrogen-bond donors (Lipinski definition) is 1. The largest absolute Gasteiger partial charge is 0.497 e. The lowest BCUT2D eigenvalue weighted by Crippen LogP contribution is -2.27. The summed E-state index contributed by atoms with van der Waals surface area (Å²) in [5.74, 6) is 1.09. The Kier molecular flexibility index (Phi) is 5.74. The first-order chi connectivity index (χ1) is 10.9. The third kappa shape index (κ3) is 4.30. The van der Waals surface area contributed by atoms with E-state index < -0.39 is 0 Å². The van der Waals surface area contributed by atoms with Gasteiger partial charge in [-0.1, -0.05) is 23.2 Å². The summed E-state index contributed by atoms with van der Waals surface area (Å²) in [5, 5.41) is 3.72. The number of methoxy groups -OCH3 is 2. The zero-order valence-corrected chi connectivity index (χ0v) is 14.5. The molecule has 0 spiro atoms. The summed E-state index contributed by atoms with van der Waals surface area (Å²) < 4.78 is 10.6. The van der Waals surface area contributed by atoms with Crippen molar-refractivity contribution < 1.29 is 14.3 Å². The lowest BCUT2D eigenvalue weighted by atomic mass is 10.1. The van der Waals surface area contributed by atoms with Crippen molar-refractivity contribution in [3.63, 3.8) is 0 Å². The number of ether oxygens (including phenoxy) is 2. The minimum Gasteiger partial charge on any atom is -0.497 e. The number of nitrogens with one attached hydrogen (secondary N) is 1. The van der Waals surface area contributed by atoms with Crippen LogP contribution in [0.3, 0.4) is 0 Å². The molecule has 0 radical (unpaired) electrons. The average Bonchev–Trinajstić information content (AvgIpc) is 2.53. The molecule has 2 aromatic rings. The average molecular weight is 354 g/mol. The van der Waals surface area contributed by atoms with Gasteiger partial charge in [-0.15, -0.1) is 0 Å². The van der Waals surface area contributed by atoms with Gasteiger partial charge in [-0.2, -0.15) is 0 Å². The van der Waals surface area contributed by atoms with Crippen LogP contribution in [0.1, 0.15) is 28.9 Å². The van der Waals surface area contributed by atoms with Gasteiger partial charge >= 0.3 is 0 Å². The van der Waals surface area contributed by atoms with E-state index in [1.165, 1.54) is 0 Å². The van der Waals surface area contributed by atoms with Gasteiger partial charge in [-0.25, -0.2) is 0 Å². The molecule has 0 fully saturated rings. The fourth-order valence-electron chi connectivity index (χ4n) is 2.22. The molecule has 0 aliphatic carbocycles. The second kappa shape index (κ2) is 7.57. The Morgan fingerprint density at radius 1 is 1.04 bits per heavy atom. The minimum atomic E-state index is -0.287. The van der Waals surface area contributed by atoms with Crippen molar-refractivity contribution in [2.75, 3.05) is 14.2 Å². The maximum absolute atomic E-state index is 12.4. The van der Waals surface area contributed by atoms with E-state index >= 15 is 0 Å². The molecule has 1 atom stereocenters. The Balaban J connectivity index is 2.24. The van der Waals surface area contributed by atoms with E-state index in [0.29, 0.717) is 27.1 Å². The van der Waals surface area contributed by atoms with E-state index in [9.17, 15) is 4.79 Å². The van der Waals surface area contributed by atoms with Gasteiger partial charge in [0.2, 0.25) is 0 Å². The van der Waals surface area contributed by atoms with Crippen molar-refractivity contribution >= 4 is 29.1 Å². The van der Waals surface area contributed by atoms with Crippen LogP contribution in [-0.2, 0) is 0 Å². The molecular formula is C17H17Cl2NO3. The molecule has 0 bridgehead atoms. The summed E-state index contributed by atoms with van der Waals surface area (Å²) in [6.45, 7) is 1.86. The monoisotopic (exact) mass is 353 g/mol. The molecule has 6 heteroatoms. The van der Waals surface area contributed by atoms with Gasteiger partial charge in [-0.05, 0) is 43.3 Å². The van der Waals surface area contributed by atoms with E-state index in [4.69, 9.17) is 32.7 Å². The molecule has 2 aromatic carbocycles. The summed E-state index contributed by atoms with van der Waals surface area (Å²) in [6, 6.07) is 9.85. The molecule has 0 heterocycles. The van der Waals surface area contributed by atoms with Gasteiger partial charge in [0, 0.05) is 21.2 Å². The fourth-order valence-corrected chi connectivity index (χ4v) is 2.75. The Morgan fingerprint density at radius 2 is 1.70 bits per heavy atom. The predicted octanol–water partition coefficient (Wildman–Crippen LogP) is 4.50. The number of amides is 1. The number of hydrogen-bond acceptors (Lipinski definition) is 3. The number of rotatable bonds is 5. The summed E-state index contributed by atoms with van der Waals surface area (Å²) in [4.78, 5) is 12.4. The summed E-state index contributed by atoms with van der Waals surface area (Å²) in [6.07, 6.45) is 0. The molecule has 0 aliphatic rings. The van der Waals surface area contributed by atoms with Crippen LogP contribution in [0.2, 0.25) is 10.0 Å². The molecule has 1 N–H and O–H groups in total. The first-order valence-electron chi connectivity index (χ1n) is 6.93. The molecule has 1 unspecified atom stereocenters. The Morgan fingerprint density at radius 3 is 2.26 bits per heavy atom. The van der Waals surface area contributed by atoms with E-state index in [1.807, 2.05) is 13.0 Å².